The lowest BCUT2D eigenvalue weighted by Gasteiger charge is -2.13. The van der Waals surface area contributed by atoms with Gasteiger partial charge in [-0.3, -0.25) is 13.7 Å². The maximum absolute atomic E-state index is 12.7. The molecule has 0 aromatic heterocycles. The summed E-state index contributed by atoms with van der Waals surface area (Å²) in [7, 11) is -15.6. The SMILES string of the molecule is Nc1c(N=Nc2ccc3c(O)c(N=Nc4ccccc4)c(S(=O)(=O)O)cc3c2S(=O)(=O)O)cc(S(=O)(=O)O)c2ccc(N=Nc3ccccc3)c(O)c12. The molecule has 6 aromatic rings. The summed E-state index contributed by atoms with van der Waals surface area (Å²) in [5, 5.41) is 43.8. The summed E-state index contributed by atoms with van der Waals surface area (Å²) in [4.78, 5) is -2.98. The van der Waals surface area contributed by atoms with Gasteiger partial charge in [0, 0.05) is 16.2 Å². The summed E-state index contributed by atoms with van der Waals surface area (Å²) in [5.74, 6) is -1.62. The van der Waals surface area contributed by atoms with Gasteiger partial charge in [0.15, 0.2) is 11.5 Å². The topological polar surface area (TPSA) is 304 Å². The van der Waals surface area contributed by atoms with E-state index in [1.54, 1.807) is 48.5 Å². The Bertz CT molecular complexity index is 2890. The zero-order chi connectivity index (χ0) is 38.3. The van der Waals surface area contributed by atoms with Gasteiger partial charge >= 0.3 is 0 Å². The lowest BCUT2D eigenvalue weighted by molar-refractivity contribution is 0.471. The molecule has 6 aromatic carbocycles. The first-order valence-corrected chi connectivity index (χ1v) is 19.0. The van der Waals surface area contributed by atoms with Crippen molar-refractivity contribution in [3.63, 3.8) is 0 Å². The van der Waals surface area contributed by atoms with Crippen molar-refractivity contribution in [2.24, 2.45) is 30.7 Å². The largest absolute Gasteiger partial charge is 0.505 e. The Balaban J connectivity index is 1.55. The summed E-state index contributed by atoms with van der Waals surface area (Å²) in [6.45, 7) is 0. The summed E-state index contributed by atoms with van der Waals surface area (Å²) in [6.07, 6.45) is 0. The fraction of sp³-hybridized carbons (Fsp3) is 0. The first-order chi connectivity index (χ1) is 24.9. The smallest absolute Gasteiger partial charge is 0.297 e. The highest BCUT2D eigenvalue weighted by Gasteiger charge is 2.28. The van der Waals surface area contributed by atoms with Crippen LogP contribution >= 0.6 is 0 Å². The number of phenolic OH excluding ortho intramolecular Hbond substituents is 2. The fourth-order valence-electron chi connectivity index (χ4n) is 5.18. The number of nitrogens with two attached hydrogens (primary N) is 1. The van der Waals surface area contributed by atoms with Crippen LogP contribution in [0.2, 0.25) is 0 Å². The first-order valence-electron chi connectivity index (χ1n) is 14.6. The van der Waals surface area contributed by atoms with Crippen LogP contribution in [0, 0.1) is 0 Å². The number of anilines is 1. The monoisotopic (exact) mass is 777 g/mol. The lowest BCUT2D eigenvalue weighted by atomic mass is 10.1. The van der Waals surface area contributed by atoms with Gasteiger partial charge in [-0.15, -0.1) is 20.5 Å². The van der Waals surface area contributed by atoms with Gasteiger partial charge in [-0.1, -0.05) is 42.5 Å². The molecule has 0 spiro atoms. The van der Waals surface area contributed by atoms with Crippen LogP contribution in [0.3, 0.4) is 0 Å². The molecule has 0 aliphatic rings. The van der Waals surface area contributed by atoms with Crippen LogP contribution in [0.1, 0.15) is 0 Å². The van der Waals surface area contributed by atoms with Crippen molar-refractivity contribution in [2.45, 2.75) is 14.7 Å². The van der Waals surface area contributed by atoms with Gasteiger partial charge < -0.3 is 15.9 Å². The average molecular weight is 778 g/mol. The second-order valence-corrected chi connectivity index (χ2v) is 15.1. The van der Waals surface area contributed by atoms with Crippen molar-refractivity contribution >= 4 is 91.7 Å². The molecule has 21 heteroatoms. The van der Waals surface area contributed by atoms with E-state index in [1.807, 2.05) is 0 Å². The number of nitrogen functional groups attached to an aromatic ring is 1. The van der Waals surface area contributed by atoms with Crippen molar-refractivity contribution in [3.05, 3.63) is 97.1 Å². The van der Waals surface area contributed by atoms with Gasteiger partial charge in [0.1, 0.15) is 37.4 Å². The van der Waals surface area contributed by atoms with Gasteiger partial charge in [-0.2, -0.15) is 35.5 Å². The Kier molecular flexibility index (Phi) is 9.46. The molecule has 0 atom stereocenters. The number of phenols is 2. The number of hydrogen-bond donors (Lipinski definition) is 6. The van der Waals surface area contributed by atoms with Crippen LogP contribution in [0.5, 0.6) is 11.5 Å². The zero-order valence-corrected chi connectivity index (χ0v) is 28.9. The van der Waals surface area contributed by atoms with Crippen LogP contribution in [-0.4, -0.2) is 49.1 Å². The zero-order valence-electron chi connectivity index (χ0n) is 26.4. The number of aromatic hydroxyl groups is 2. The number of nitrogens with zero attached hydrogens (tertiary/aromatic N) is 6. The number of rotatable bonds is 9. The molecule has 18 nitrogen and oxygen atoms in total. The summed E-state index contributed by atoms with van der Waals surface area (Å²) >= 11 is 0. The minimum atomic E-state index is -5.35. The molecule has 0 unspecified atom stereocenters. The Morgan fingerprint density at radius 3 is 1.55 bits per heavy atom. The number of benzene rings is 6. The van der Waals surface area contributed by atoms with Gasteiger partial charge in [0.2, 0.25) is 0 Å². The van der Waals surface area contributed by atoms with Crippen LogP contribution < -0.4 is 5.73 Å². The third-order valence-electron chi connectivity index (χ3n) is 7.53. The summed E-state index contributed by atoms with van der Waals surface area (Å²) in [5.41, 5.74) is 4.36. The molecule has 7 N–H and O–H groups in total. The molecule has 0 bridgehead atoms. The first kappa shape index (κ1) is 36.6. The Morgan fingerprint density at radius 1 is 0.472 bits per heavy atom. The van der Waals surface area contributed by atoms with E-state index in [-0.39, 0.29) is 27.5 Å². The molecule has 0 radical (unpaired) electrons. The molecule has 0 heterocycles. The van der Waals surface area contributed by atoms with Crippen LogP contribution in [0.25, 0.3) is 21.5 Å². The predicted octanol–water partition coefficient (Wildman–Crippen LogP) is 7.97. The Hall–Kier alpha value is -6.23. The van der Waals surface area contributed by atoms with E-state index in [0.29, 0.717) is 11.8 Å². The number of hydrogen-bond acceptors (Lipinski definition) is 15. The van der Waals surface area contributed by atoms with Crippen molar-refractivity contribution < 1.29 is 49.1 Å². The van der Waals surface area contributed by atoms with E-state index in [9.17, 15) is 49.1 Å². The Labute approximate surface area is 299 Å². The standard InChI is InChI=1S/C32H23N7O11S3/c33-28-24(16-25(51(42,43)44)20-12-13-22(31(41)27(20)28)36-34-17-7-3-1-4-8-17)38-37-23-14-11-19-21(32(23)53(48,49)50)15-26(52(45,46)47)29(30(19)40)39-35-18-9-5-2-6-10-18/h1-16,40-41H,33H2,(H,42,43,44)(H,45,46,47)(H,48,49,50). The van der Waals surface area contributed by atoms with E-state index in [0.717, 1.165) is 18.2 Å². The van der Waals surface area contributed by atoms with Crippen LogP contribution in [-0.2, 0) is 30.4 Å². The predicted molar refractivity (Wildman–Crippen MR) is 190 cm³/mol. The molecule has 6 rings (SSSR count). The van der Waals surface area contributed by atoms with Crippen LogP contribution in [0.15, 0.2) is 142 Å². The molecule has 0 saturated heterocycles. The molecule has 0 aliphatic carbocycles. The summed E-state index contributed by atoms with van der Waals surface area (Å²) in [6, 6.07) is 22.1. The minimum Gasteiger partial charge on any atom is -0.505 e. The third-order valence-corrected chi connectivity index (χ3v) is 10.2. The third kappa shape index (κ3) is 7.41. The van der Waals surface area contributed by atoms with E-state index >= 15 is 0 Å². The lowest BCUT2D eigenvalue weighted by Crippen LogP contribution is -2.03. The van der Waals surface area contributed by atoms with Crippen molar-refractivity contribution in [2.75, 3.05) is 5.73 Å². The van der Waals surface area contributed by atoms with Gasteiger partial charge in [0.05, 0.1) is 22.4 Å². The molecule has 270 valence electrons. The van der Waals surface area contributed by atoms with Crippen LogP contribution in [0.4, 0.5) is 39.8 Å². The van der Waals surface area contributed by atoms with Crippen molar-refractivity contribution in [1.29, 1.82) is 0 Å². The normalized spacial score (nSPS) is 12.9. The van der Waals surface area contributed by atoms with E-state index in [4.69, 9.17) is 5.73 Å². The molecule has 0 aliphatic heterocycles. The van der Waals surface area contributed by atoms with Gasteiger partial charge in [-0.25, -0.2) is 0 Å². The van der Waals surface area contributed by atoms with E-state index in [2.05, 4.69) is 30.7 Å². The van der Waals surface area contributed by atoms with Crippen molar-refractivity contribution in [3.8, 4) is 11.5 Å². The molecular weight excluding hydrogens is 755 g/mol. The van der Waals surface area contributed by atoms with Gasteiger partial charge in [-0.05, 0) is 54.6 Å². The highest BCUT2D eigenvalue weighted by molar-refractivity contribution is 7.86. The number of azo groups is 3. The quantitative estimate of drug-likeness (QED) is 0.0462. The molecule has 0 saturated carbocycles. The Morgan fingerprint density at radius 2 is 0.981 bits per heavy atom. The van der Waals surface area contributed by atoms with E-state index < -0.39 is 84.7 Å². The summed E-state index contributed by atoms with van der Waals surface area (Å²) < 4.78 is 105. The minimum absolute atomic E-state index is 0.163. The van der Waals surface area contributed by atoms with Gasteiger partial charge in [0.25, 0.3) is 30.4 Å². The highest BCUT2D eigenvalue weighted by Crippen LogP contribution is 2.47. The molecule has 0 amide bonds. The maximum atomic E-state index is 12.7. The van der Waals surface area contributed by atoms with E-state index in [1.165, 1.54) is 24.3 Å². The second-order valence-electron chi connectivity index (χ2n) is 10.9. The second kappa shape index (κ2) is 13.7. The molecule has 53 heavy (non-hydrogen) atoms. The molecule has 0 fully saturated rings. The molecular formula is C32H23N7O11S3. The maximum Gasteiger partial charge on any atom is 0.297 e. The fourth-order valence-corrected chi connectivity index (χ4v) is 7.36. The average Bonchev–Trinajstić information content (AvgIpc) is 3.09. The number of fused-ring (bicyclic) bond motifs is 2. The van der Waals surface area contributed by atoms with Crippen molar-refractivity contribution in [1.82, 2.24) is 0 Å². The highest BCUT2D eigenvalue weighted by atomic mass is 32.2.